The lowest BCUT2D eigenvalue weighted by atomic mass is 10.1. The van der Waals surface area contributed by atoms with Crippen molar-refractivity contribution < 1.29 is 18.0 Å². The largest absolute Gasteiger partial charge is 0.397 e. The number of carbonyl (C=O) groups is 1. The van der Waals surface area contributed by atoms with Crippen LogP contribution in [0.3, 0.4) is 0 Å². The standard InChI is InChI=1S/C16H22F3N3O/c1-20(2)14-6-4-3-5-13(14)12-21-7-9-22(10-8-21)15(23)11-16(17,18)19/h3-6H,7-12H2,1-2H3. The molecule has 0 saturated carbocycles. The van der Waals surface area contributed by atoms with Crippen LogP contribution in [-0.2, 0) is 11.3 Å². The van der Waals surface area contributed by atoms with Crippen LogP contribution in [0.1, 0.15) is 12.0 Å². The van der Waals surface area contributed by atoms with E-state index in [0.717, 1.165) is 12.2 Å². The summed E-state index contributed by atoms with van der Waals surface area (Å²) in [4.78, 5) is 17.1. The van der Waals surface area contributed by atoms with Crippen molar-refractivity contribution in [3.63, 3.8) is 0 Å². The van der Waals surface area contributed by atoms with Gasteiger partial charge in [0, 0.05) is 52.5 Å². The summed E-state index contributed by atoms with van der Waals surface area (Å²) < 4.78 is 36.8. The number of carbonyl (C=O) groups excluding carboxylic acids is 1. The number of anilines is 1. The second-order valence-electron chi connectivity index (χ2n) is 5.97. The molecule has 0 spiro atoms. The molecule has 128 valence electrons. The number of para-hydroxylation sites is 1. The van der Waals surface area contributed by atoms with Crippen molar-refractivity contribution in [2.45, 2.75) is 19.1 Å². The van der Waals surface area contributed by atoms with E-state index in [4.69, 9.17) is 0 Å². The van der Waals surface area contributed by atoms with Gasteiger partial charge in [0.1, 0.15) is 6.42 Å². The van der Waals surface area contributed by atoms with Gasteiger partial charge in [0.15, 0.2) is 0 Å². The first-order valence-corrected chi connectivity index (χ1v) is 7.58. The van der Waals surface area contributed by atoms with Crippen LogP contribution in [0.5, 0.6) is 0 Å². The molecule has 0 bridgehead atoms. The number of benzene rings is 1. The lowest BCUT2D eigenvalue weighted by molar-refractivity contribution is -0.162. The van der Waals surface area contributed by atoms with Gasteiger partial charge in [0.25, 0.3) is 0 Å². The van der Waals surface area contributed by atoms with Gasteiger partial charge < -0.3 is 9.80 Å². The van der Waals surface area contributed by atoms with E-state index >= 15 is 0 Å². The van der Waals surface area contributed by atoms with E-state index in [2.05, 4.69) is 11.0 Å². The maximum atomic E-state index is 12.3. The van der Waals surface area contributed by atoms with E-state index in [-0.39, 0.29) is 0 Å². The normalized spacial score (nSPS) is 16.5. The third-order valence-electron chi connectivity index (χ3n) is 3.94. The van der Waals surface area contributed by atoms with Crippen molar-refractivity contribution in [1.29, 1.82) is 0 Å². The summed E-state index contributed by atoms with van der Waals surface area (Å²) in [6, 6.07) is 8.05. The highest BCUT2D eigenvalue weighted by Crippen LogP contribution is 2.23. The molecule has 7 heteroatoms. The molecule has 0 N–H and O–H groups in total. The van der Waals surface area contributed by atoms with Crippen molar-refractivity contribution in [3.8, 4) is 0 Å². The zero-order chi connectivity index (χ0) is 17.0. The van der Waals surface area contributed by atoms with Crippen LogP contribution >= 0.6 is 0 Å². The summed E-state index contributed by atoms with van der Waals surface area (Å²) in [5, 5.41) is 0. The van der Waals surface area contributed by atoms with Gasteiger partial charge in [-0.25, -0.2) is 0 Å². The molecule has 0 unspecified atom stereocenters. The third-order valence-corrected chi connectivity index (χ3v) is 3.94. The highest BCUT2D eigenvalue weighted by Gasteiger charge is 2.34. The van der Waals surface area contributed by atoms with Gasteiger partial charge in [-0.15, -0.1) is 0 Å². The maximum Gasteiger partial charge on any atom is 0.397 e. The third kappa shape index (κ3) is 5.13. The second kappa shape index (κ2) is 7.21. The van der Waals surface area contributed by atoms with Gasteiger partial charge in [0.2, 0.25) is 5.91 Å². The van der Waals surface area contributed by atoms with E-state index in [0.29, 0.717) is 26.2 Å². The number of piperazine rings is 1. The summed E-state index contributed by atoms with van der Waals surface area (Å²) in [6.45, 7) is 2.60. The van der Waals surface area contributed by atoms with Crippen LogP contribution in [-0.4, -0.2) is 62.2 Å². The van der Waals surface area contributed by atoms with Gasteiger partial charge in [-0.1, -0.05) is 18.2 Å². The fourth-order valence-corrected chi connectivity index (χ4v) is 2.76. The quantitative estimate of drug-likeness (QED) is 0.848. The Morgan fingerprint density at radius 2 is 1.74 bits per heavy atom. The van der Waals surface area contributed by atoms with E-state index in [1.165, 1.54) is 10.5 Å². The molecular weight excluding hydrogens is 307 g/mol. The number of amides is 1. The molecule has 0 radical (unpaired) electrons. The van der Waals surface area contributed by atoms with Gasteiger partial charge in [-0.3, -0.25) is 9.69 Å². The molecule has 4 nitrogen and oxygen atoms in total. The number of halogens is 3. The molecule has 0 aromatic heterocycles. The molecule has 0 atom stereocenters. The molecule has 1 heterocycles. The maximum absolute atomic E-state index is 12.3. The van der Waals surface area contributed by atoms with Crippen molar-refractivity contribution in [1.82, 2.24) is 9.80 Å². The molecule has 1 aromatic carbocycles. The molecule has 1 amide bonds. The first kappa shape index (κ1) is 17.6. The molecule has 1 aromatic rings. The van der Waals surface area contributed by atoms with Gasteiger partial charge in [-0.2, -0.15) is 13.2 Å². The Morgan fingerprint density at radius 1 is 1.13 bits per heavy atom. The fourth-order valence-electron chi connectivity index (χ4n) is 2.76. The number of nitrogens with zero attached hydrogens (tertiary/aromatic N) is 3. The zero-order valence-electron chi connectivity index (χ0n) is 13.4. The lowest BCUT2D eigenvalue weighted by Crippen LogP contribution is -2.49. The van der Waals surface area contributed by atoms with E-state index in [1.54, 1.807) is 0 Å². The van der Waals surface area contributed by atoms with Crippen LogP contribution in [0.25, 0.3) is 0 Å². The minimum Gasteiger partial charge on any atom is -0.377 e. The Hall–Kier alpha value is -1.76. The molecule has 1 aliphatic rings. The van der Waals surface area contributed by atoms with Crippen LogP contribution in [0.4, 0.5) is 18.9 Å². The number of rotatable bonds is 4. The Labute approximate surface area is 134 Å². The van der Waals surface area contributed by atoms with Crippen molar-refractivity contribution in [3.05, 3.63) is 29.8 Å². The first-order chi connectivity index (χ1) is 10.8. The van der Waals surface area contributed by atoms with Crippen LogP contribution in [0.15, 0.2) is 24.3 Å². The van der Waals surface area contributed by atoms with Crippen LogP contribution in [0.2, 0.25) is 0 Å². The molecule has 1 aliphatic heterocycles. The predicted molar refractivity (Wildman–Crippen MR) is 83.3 cm³/mol. The summed E-state index contributed by atoms with van der Waals surface area (Å²) in [5.74, 6) is -0.828. The van der Waals surface area contributed by atoms with Crippen LogP contribution in [0, 0.1) is 0 Å². The summed E-state index contributed by atoms with van der Waals surface area (Å²) in [5.41, 5.74) is 2.30. The number of hydrogen-bond donors (Lipinski definition) is 0. The minimum atomic E-state index is -4.43. The summed E-state index contributed by atoms with van der Waals surface area (Å²) in [6.07, 6.45) is -5.80. The monoisotopic (exact) mass is 329 g/mol. The van der Waals surface area contributed by atoms with Gasteiger partial charge >= 0.3 is 6.18 Å². The average molecular weight is 329 g/mol. The summed E-state index contributed by atoms with van der Waals surface area (Å²) in [7, 11) is 3.96. The van der Waals surface area contributed by atoms with Crippen molar-refractivity contribution in [2.75, 3.05) is 45.2 Å². The molecule has 0 aliphatic carbocycles. The molecule has 23 heavy (non-hydrogen) atoms. The average Bonchev–Trinajstić information content (AvgIpc) is 2.46. The number of alkyl halides is 3. The smallest absolute Gasteiger partial charge is 0.377 e. The number of hydrogen-bond acceptors (Lipinski definition) is 3. The molecular formula is C16H22F3N3O. The van der Waals surface area contributed by atoms with Crippen molar-refractivity contribution >= 4 is 11.6 Å². The van der Waals surface area contributed by atoms with Crippen molar-refractivity contribution in [2.24, 2.45) is 0 Å². The van der Waals surface area contributed by atoms with E-state index in [1.807, 2.05) is 37.2 Å². The topological polar surface area (TPSA) is 26.8 Å². The Balaban J connectivity index is 1.89. The van der Waals surface area contributed by atoms with E-state index in [9.17, 15) is 18.0 Å². The Bertz CT molecular complexity index is 538. The predicted octanol–water partition coefficient (Wildman–Crippen LogP) is 2.35. The highest BCUT2D eigenvalue weighted by atomic mass is 19.4. The molecule has 1 fully saturated rings. The highest BCUT2D eigenvalue weighted by molar-refractivity contribution is 5.77. The second-order valence-corrected chi connectivity index (χ2v) is 5.97. The first-order valence-electron chi connectivity index (χ1n) is 7.58. The molecule has 1 saturated heterocycles. The van der Waals surface area contributed by atoms with E-state index < -0.39 is 18.5 Å². The summed E-state index contributed by atoms with van der Waals surface area (Å²) >= 11 is 0. The van der Waals surface area contributed by atoms with Gasteiger partial charge in [-0.05, 0) is 11.6 Å². The Morgan fingerprint density at radius 3 is 2.30 bits per heavy atom. The Kier molecular flexibility index (Phi) is 5.51. The van der Waals surface area contributed by atoms with Crippen LogP contribution < -0.4 is 4.90 Å². The zero-order valence-corrected chi connectivity index (χ0v) is 13.4. The minimum absolute atomic E-state index is 0.346. The SMILES string of the molecule is CN(C)c1ccccc1CN1CCN(C(=O)CC(F)(F)F)CC1. The van der Waals surface area contributed by atoms with Gasteiger partial charge in [0.05, 0.1) is 0 Å². The lowest BCUT2D eigenvalue weighted by Gasteiger charge is -2.35. The fraction of sp³-hybridized carbons (Fsp3) is 0.562. The molecule has 2 rings (SSSR count).